The maximum atomic E-state index is 9.74. The van der Waals surface area contributed by atoms with Gasteiger partial charge in [-0.1, -0.05) is 25.7 Å². The van der Waals surface area contributed by atoms with Gasteiger partial charge >= 0.3 is 0 Å². The summed E-state index contributed by atoms with van der Waals surface area (Å²) in [7, 11) is 0. The van der Waals surface area contributed by atoms with Crippen molar-refractivity contribution in [1.29, 1.82) is 0 Å². The summed E-state index contributed by atoms with van der Waals surface area (Å²) < 4.78 is 5.68. The molecular formula is C14H27NO2. The van der Waals surface area contributed by atoms with Crippen molar-refractivity contribution < 1.29 is 9.84 Å². The molecule has 1 unspecified atom stereocenters. The maximum Gasteiger partial charge on any atom is 0.0897 e. The normalized spacial score (nSPS) is 23.1. The fourth-order valence-electron chi connectivity index (χ4n) is 2.55. The van der Waals surface area contributed by atoms with E-state index in [9.17, 15) is 5.11 Å². The van der Waals surface area contributed by atoms with Crippen LogP contribution in [0.25, 0.3) is 0 Å². The third-order valence-electron chi connectivity index (χ3n) is 3.87. The molecule has 0 radical (unpaired) electrons. The Bertz CT molecular complexity index is 200. The molecule has 0 aromatic carbocycles. The molecule has 2 aliphatic rings. The summed E-state index contributed by atoms with van der Waals surface area (Å²) in [5.41, 5.74) is 0. The van der Waals surface area contributed by atoms with E-state index in [1.54, 1.807) is 0 Å². The zero-order chi connectivity index (χ0) is 11.9. The Morgan fingerprint density at radius 2 is 1.94 bits per heavy atom. The summed E-state index contributed by atoms with van der Waals surface area (Å²) in [6.45, 7) is 2.22. The fraction of sp³-hybridized carbons (Fsp3) is 1.00. The number of ether oxygens (including phenoxy) is 1. The Hall–Kier alpha value is -0.120. The highest BCUT2D eigenvalue weighted by molar-refractivity contribution is 4.73. The molecule has 2 rings (SSSR count). The van der Waals surface area contributed by atoms with Crippen molar-refractivity contribution in [2.75, 3.05) is 19.7 Å². The molecule has 0 spiro atoms. The van der Waals surface area contributed by atoms with Gasteiger partial charge in [0.05, 0.1) is 18.8 Å². The average molecular weight is 241 g/mol. The second-order valence-electron chi connectivity index (χ2n) is 5.68. The zero-order valence-electron chi connectivity index (χ0n) is 10.9. The summed E-state index contributed by atoms with van der Waals surface area (Å²) in [6.07, 6.45) is 10.5. The van der Waals surface area contributed by atoms with E-state index in [1.807, 2.05) is 0 Å². The standard InChI is InChI=1S/C14H27NO2/c16-13(11-17-14-5-1-2-6-14)10-15-9-3-4-12-7-8-12/h12-16H,1-11H2. The van der Waals surface area contributed by atoms with E-state index in [2.05, 4.69) is 5.32 Å². The SMILES string of the molecule is OC(CNCCCC1CC1)COC1CCCC1. The summed E-state index contributed by atoms with van der Waals surface area (Å²) in [5, 5.41) is 13.1. The number of nitrogens with one attached hydrogen (secondary N) is 1. The number of aliphatic hydroxyl groups excluding tert-OH is 1. The van der Waals surface area contributed by atoms with Crippen LogP contribution < -0.4 is 5.32 Å². The van der Waals surface area contributed by atoms with E-state index in [0.29, 0.717) is 19.3 Å². The Labute approximate surface area is 105 Å². The lowest BCUT2D eigenvalue weighted by atomic mass is 10.2. The first-order valence-electron chi connectivity index (χ1n) is 7.35. The van der Waals surface area contributed by atoms with Gasteiger partial charge in [0.25, 0.3) is 0 Å². The van der Waals surface area contributed by atoms with Gasteiger partial charge in [0.15, 0.2) is 0 Å². The highest BCUT2D eigenvalue weighted by atomic mass is 16.5. The van der Waals surface area contributed by atoms with Crippen LogP contribution in [0, 0.1) is 5.92 Å². The Morgan fingerprint density at radius 3 is 2.65 bits per heavy atom. The molecule has 3 heteroatoms. The largest absolute Gasteiger partial charge is 0.389 e. The van der Waals surface area contributed by atoms with Gasteiger partial charge in [-0.25, -0.2) is 0 Å². The van der Waals surface area contributed by atoms with Crippen molar-refractivity contribution >= 4 is 0 Å². The monoisotopic (exact) mass is 241 g/mol. The van der Waals surface area contributed by atoms with E-state index >= 15 is 0 Å². The van der Waals surface area contributed by atoms with Gasteiger partial charge in [0.2, 0.25) is 0 Å². The predicted molar refractivity (Wildman–Crippen MR) is 69.0 cm³/mol. The zero-order valence-corrected chi connectivity index (χ0v) is 10.9. The van der Waals surface area contributed by atoms with E-state index in [1.165, 1.54) is 51.4 Å². The third kappa shape index (κ3) is 5.84. The molecule has 0 heterocycles. The molecule has 2 aliphatic carbocycles. The van der Waals surface area contributed by atoms with Crippen LogP contribution in [0.1, 0.15) is 51.4 Å². The molecule has 0 aliphatic heterocycles. The summed E-state index contributed by atoms with van der Waals surface area (Å²) in [4.78, 5) is 0. The van der Waals surface area contributed by atoms with Crippen LogP contribution in [0.4, 0.5) is 0 Å². The third-order valence-corrected chi connectivity index (χ3v) is 3.87. The highest BCUT2D eigenvalue weighted by Gasteiger charge is 2.20. The Morgan fingerprint density at radius 1 is 1.18 bits per heavy atom. The smallest absolute Gasteiger partial charge is 0.0897 e. The van der Waals surface area contributed by atoms with E-state index in [-0.39, 0.29) is 6.10 Å². The summed E-state index contributed by atoms with van der Waals surface area (Å²) >= 11 is 0. The van der Waals surface area contributed by atoms with Crippen LogP contribution in [0.15, 0.2) is 0 Å². The molecule has 0 aromatic rings. The number of hydrogen-bond donors (Lipinski definition) is 2. The average Bonchev–Trinajstić information content (AvgIpc) is 3.00. The highest BCUT2D eigenvalue weighted by Crippen LogP contribution is 2.33. The van der Waals surface area contributed by atoms with Gasteiger partial charge in [-0.15, -0.1) is 0 Å². The van der Waals surface area contributed by atoms with Crippen LogP contribution in [-0.2, 0) is 4.74 Å². The number of rotatable bonds is 9. The fourth-order valence-corrected chi connectivity index (χ4v) is 2.55. The summed E-state index contributed by atoms with van der Waals surface area (Å²) in [6, 6.07) is 0. The van der Waals surface area contributed by atoms with Crippen molar-refractivity contribution in [1.82, 2.24) is 5.32 Å². The molecule has 17 heavy (non-hydrogen) atoms. The number of aliphatic hydroxyl groups is 1. The Kier molecular flexibility index (Phi) is 5.75. The van der Waals surface area contributed by atoms with Crippen LogP contribution >= 0.6 is 0 Å². The first kappa shape index (κ1) is 13.3. The van der Waals surface area contributed by atoms with E-state index in [0.717, 1.165) is 12.5 Å². The van der Waals surface area contributed by atoms with Crippen molar-refractivity contribution in [2.24, 2.45) is 5.92 Å². The molecule has 0 aromatic heterocycles. The lowest BCUT2D eigenvalue weighted by Crippen LogP contribution is -2.32. The molecule has 2 fully saturated rings. The first-order chi connectivity index (χ1) is 8.34. The minimum atomic E-state index is -0.337. The van der Waals surface area contributed by atoms with Gasteiger partial charge < -0.3 is 15.2 Å². The second-order valence-corrected chi connectivity index (χ2v) is 5.68. The lowest BCUT2D eigenvalue weighted by Gasteiger charge is -2.16. The van der Waals surface area contributed by atoms with Crippen LogP contribution in [-0.4, -0.2) is 37.0 Å². The quantitative estimate of drug-likeness (QED) is 0.607. The first-order valence-corrected chi connectivity index (χ1v) is 7.35. The predicted octanol–water partition coefficient (Wildman–Crippen LogP) is 2.09. The summed E-state index contributed by atoms with van der Waals surface area (Å²) in [5.74, 6) is 1.02. The molecule has 1 atom stereocenters. The molecule has 2 N–H and O–H groups in total. The van der Waals surface area contributed by atoms with Crippen LogP contribution in [0.2, 0.25) is 0 Å². The molecule has 0 amide bonds. The minimum Gasteiger partial charge on any atom is -0.389 e. The van der Waals surface area contributed by atoms with Crippen molar-refractivity contribution in [3.05, 3.63) is 0 Å². The van der Waals surface area contributed by atoms with E-state index in [4.69, 9.17) is 4.74 Å². The molecule has 3 nitrogen and oxygen atoms in total. The topological polar surface area (TPSA) is 41.5 Å². The molecule has 2 saturated carbocycles. The molecule has 0 saturated heterocycles. The molecule has 100 valence electrons. The van der Waals surface area contributed by atoms with Gasteiger partial charge in [0.1, 0.15) is 0 Å². The van der Waals surface area contributed by atoms with Crippen molar-refractivity contribution in [2.45, 2.75) is 63.6 Å². The molecular weight excluding hydrogens is 214 g/mol. The lowest BCUT2D eigenvalue weighted by molar-refractivity contribution is -0.00536. The Balaban J connectivity index is 1.38. The maximum absolute atomic E-state index is 9.74. The van der Waals surface area contributed by atoms with Crippen molar-refractivity contribution in [3.8, 4) is 0 Å². The van der Waals surface area contributed by atoms with Crippen molar-refractivity contribution in [3.63, 3.8) is 0 Å². The second kappa shape index (κ2) is 7.34. The van der Waals surface area contributed by atoms with Crippen LogP contribution in [0.5, 0.6) is 0 Å². The minimum absolute atomic E-state index is 0.337. The molecule has 0 bridgehead atoms. The van der Waals surface area contributed by atoms with Gasteiger partial charge in [0, 0.05) is 6.54 Å². The number of hydrogen-bond acceptors (Lipinski definition) is 3. The van der Waals surface area contributed by atoms with Gasteiger partial charge in [-0.3, -0.25) is 0 Å². The van der Waals surface area contributed by atoms with Gasteiger partial charge in [-0.2, -0.15) is 0 Å². The van der Waals surface area contributed by atoms with E-state index < -0.39 is 0 Å². The van der Waals surface area contributed by atoms with Crippen LogP contribution in [0.3, 0.4) is 0 Å². The van der Waals surface area contributed by atoms with Gasteiger partial charge in [-0.05, 0) is 38.1 Å².